The van der Waals surface area contributed by atoms with Crippen LogP contribution in [-0.2, 0) is 4.79 Å². The Kier molecular flexibility index (Phi) is 13.7. The number of allylic oxidation sites excluding steroid dienone is 14. The van der Waals surface area contributed by atoms with Crippen molar-refractivity contribution in [1.29, 1.82) is 0 Å². The van der Waals surface area contributed by atoms with Gasteiger partial charge in [0, 0.05) is 11.6 Å². The minimum atomic E-state index is -1.40. The van der Waals surface area contributed by atoms with Crippen molar-refractivity contribution in [3.8, 4) is 0 Å². The molecule has 3 N–H and O–H groups in total. The van der Waals surface area contributed by atoms with Gasteiger partial charge < -0.3 is 15.5 Å². The molecule has 1 heterocycles. The number of hydrogen-bond donors (Lipinski definition) is 3. The third-order valence-electron chi connectivity index (χ3n) is 5.59. The van der Waals surface area contributed by atoms with Crippen molar-refractivity contribution in [3.63, 3.8) is 0 Å². The molecule has 0 bridgehead atoms. The second-order valence-electron chi connectivity index (χ2n) is 10.2. The van der Waals surface area contributed by atoms with Gasteiger partial charge in [-0.05, 0) is 53.4 Å². The first kappa shape index (κ1) is 31.1. The van der Waals surface area contributed by atoms with Gasteiger partial charge in [0.2, 0.25) is 5.91 Å². The summed E-state index contributed by atoms with van der Waals surface area (Å²) in [5, 5.41) is 24.1. The van der Waals surface area contributed by atoms with Crippen molar-refractivity contribution >= 4 is 5.91 Å². The predicted molar refractivity (Wildman–Crippen MR) is 153 cm³/mol. The Morgan fingerprint density at radius 1 is 0.972 bits per heavy atom. The molecule has 0 saturated carbocycles. The first-order valence-corrected chi connectivity index (χ1v) is 12.7. The molecular formula is C32H45NO3. The van der Waals surface area contributed by atoms with Crippen LogP contribution in [0.5, 0.6) is 0 Å². The monoisotopic (exact) mass is 491 g/mol. The summed E-state index contributed by atoms with van der Waals surface area (Å²) < 4.78 is 0. The lowest BCUT2D eigenvalue weighted by atomic mass is 9.98. The maximum absolute atomic E-state index is 13.0. The van der Waals surface area contributed by atoms with Crippen LogP contribution in [0.4, 0.5) is 0 Å². The van der Waals surface area contributed by atoms with Gasteiger partial charge in [-0.2, -0.15) is 0 Å². The second kappa shape index (κ2) is 15.9. The Bertz CT molecular complexity index is 994. The summed E-state index contributed by atoms with van der Waals surface area (Å²) in [5.41, 5.74) is 2.49. The molecule has 1 aliphatic rings. The fourth-order valence-corrected chi connectivity index (χ4v) is 3.39. The molecule has 0 fully saturated rings. The van der Waals surface area contributed by atoms with Gasteiger partial charge in [-0.15, -0.1) is 0 Å². The van der Waals surface area contributed by atoms with Gasteiger partial charge in [0.25, 0.3) is 0 Å². The molecule has 36 heavy (non-hydrogen) atoms. The first-order valence-electron chi connectivity index (χ1n) is 12.7. The molecule has 0 aromatic rings. The average molecular weight is 492 g/mol. The number of amides is 1. The number of carbonyl (C=O) groups is 1. The van der Waals surface area contributed by atoms with Crippen LogP contribution in [0, 0.1) is 5.92 Å². The fraction of sp³-hybridized carbons (Fsp3) is 0.406. The zero-order valence-corrected chi connectivity index (χ0v) is 23.0. The smallest absolute Gasteiger partial charge is 0.247 e. The molecule has 0 radical (unpaired) electrons. The fourth-order valence-electron chi connectivity index (χ4n) is 3.39. The quantitative estimate of drug-likeness (QED) is 0.408. The van der Waals surface area contributed by atoms with Crippen molar-refractivity contribution in [1.82, 2.24) is 5.32 Å². The van der Waals surface area contributed by atoms with Gasteiger partial charge >= 0.3 is 0 Å². The van der Waals surface area contributed by atoms with Gasteiger partial charge in [0.05, 0.1) is 0 Å². The van der Waals surface area contributed by atoms with E-state index in [4.69, 9.17) is 0 Å². The largest absolute Gasteiger partial charge is 0.386 e. The SMILES string of the molecule is CC1=C/C=C/C=C/[C@@](C)(O)[C@@H](O)\C=C/C=C/C(C)=C/C=C/C(C)=C/C[C@H](C)NC(=O)C(CC(C)C)=C1. The van der Waals surface area contributed by atoms with Crippen molar-refractivity contribution in [2.24, 2.45) is 5.92 Å². The van der Waals surface area contributed by atoms with Crippen LogP contribution in [-0.4, -0.2) is 33.9 Å². The molecule has 0 saturated heterocycles. The van der Waals surface area contributed by atoms with Gasteiger partial charge in [-0.1, -0.05) is 116 Å². The third-order valence-corrected chi connectivity index (χ3v) is 5.59. The maximum atomic E-state index is 13.0. The lowest BCUT2D eigenvalue weighted by molar-refractivity contribution is -0.118. The number of nitrogens with one attached hydrogen (secondary N) is 1. The van der Waals surface area contributed by atoms with Gasteiger partial charge in [-0.25, -0.2) is 0 Å². The Morgan fingerprint density at radius 2 is 1.64 bits per heavy atom. The number of rotatable bonds is 2. The number of carbonyl (C=O) groups excluding carboxylic acids is 1. The van der Waals surface area contributed by atoms with E-state index in [1.165, 1.54) is 0 Å². The molecule has 196 valence electrons. The summed E-state index contributed by atoms with van der Waals surface area (Å²) in [6, 6.07) is 0.0198. The van der Waals surface area contributed by atoms with E-state index in [0.29, 0.717) is 12.3 Å². The average Bonchev–Trinajstić information content (AvgIpc) is 2.78. The summed E-state index contributed by atoms with van der Waals surface area (Å²) in [6.45, 7) is 13.8. The Balaban J connectivity index is 3.28. The van der Waals surface area contributed by atoms with Crippen molar-refractivity contribution in [3.05, 3.63) is 107 Å². The van der Waals surface area contributed by atoms with E-state index < -0.39 is 11.7 Å². The highest BCUT2D eigenvalue weighted by Gasteiger charge is 2.24. The molecule has 4 heteroatoms. The molecule has 4 nitrogen and oxygen atoms in total. The van der Waals surface area contributed by atoms with E-state index in [-0.39, 0.29) is 11.9 Å². The summed E-state index contributed by atoms with van der Waals surface area (Å²) in [6.07, 6.45) is 26.4. The Morgan fingerprint density at radius 3 is 2.33 bits per heavy atom. The second-order valence-corrected chi connectivity index (χ2v) is 10.2. The number of aliphatic hydroxyl groups excluding tert-OH is 1. The van der Waals surface area contributed by atoms with Crippen molar-refractivity contribution in [2.75, 3.05) is 0 Å². The van der Waals surface area contributed by atoms with Crippen LogP contribution >= 0.6 is 0 Å². The van der Waals surface area contributed by atoms with Gasteiger partial charge in [-0.3, -0.25) is 4.79 Å². The van der Waals surface area contributed by atoms with Gasteiger partial charge in [0.1, 0.15) is 11.7 Å². The molecule has 0 aliphatic carbocycles. The minimum Gasteiger partial charge on any atom is -0.386 e. The molecule has 0 aromatic carbocycles. The van der Waals surface area contributed by atoms with Crippen LogP contribution in [0.2, 0.25) is 0 Å². The topological polar surface area (TPSA) is 69.6 Å². The van der Waals surface area contributed by atoms with Gasteiger partial charge in [0.15, 0.2) is 0 Å². The summed E-state index contributed by atoms with van der Waals surface area (Å²) in [4.78, 5) is 13.0. The Hall–Kier alpha value is -2.95. The normalized spacial score (nSPS) is 32.9. The summed E-state index contributed by atoms with van der Waals surface area (Å²) >= 11 is 0. The Labute approximate surface area is 218 Å². The molecule has 1 aliphatic heterocycles. The molecule has 0 aromatic heterocycles. The highest BCUT2D eigenvalue weighted by molar-refractivity contribution is 5.94. The molecule has 1 amide bonds. The highest BCUT2D eigenvalue weighted by atomic mass is 16.3. The zero-order chi connectivity index (χ0) is 27.1. The van der Waals surface area contributed by atoms with Crippen molar-refractivity contribution < 1.29 is 15.0 Å². The van der Waals surface area contributed by atoms with E-state index in [2.05, 4.69) is 25.2 Å². The van der Waals surface area contributed by atoms with E-state index in [0.717, 1.165) is 28.7 Å². The molecule has 3 atom stereocenters. The molecule has 0 spiro atoms. The first-order chi connectivity index (χ1) is 16.9. The zero-order valence-electron chi connectivity index (χ0n) is 23.0. The third kappa shape index (κ3) is 13.2. The minimum absolute atomic E-state index is 0.0198. The van der Waals surface area contributed by atoms with Crippen LogP contribution in [0.1, 0.15) is 61.3 Å². The van der Waals surface area contributed by atoms with E-state index >= 15 is 0 Å². The molecular weight excluding hydrogens is 446 g/mol. The van der Waals surface area contributed by atoms with E-state index in [1.54, 1.807) is 37.3 Å². The lowest BCUT2D eigenvalue weighted by Gasteiger charge is -2.22. The standard InChI is InChI=1S/C32H45NO3/c1-24(2)22-29-23-27(5)15-9-8-12-21-32(7,36)30(34)18-11-10-14-25(3)16-13-17-26(4)19-20-28(6)33-31(29)35/h8-19,21,23-24,28,30,34,36H,20,22H2,1-7H3,(H,33,35)/b9-8+,14-10+,17-13+,18-11-,21-12+,25-16+,26-19+,27-15?,29-23?/t28-,30-,32+/m0/s1. The summed E-state index contributed by atoms with van der Waals surface area (Å²) in [7, 11) is 0. The summed E-state index contributed by atoms with van der Waals surface area (Å²) in [5.74, 6) is 0.323. The van der Waals surface area contributed by atoms with E-state index in [1.807, 2.05) is 76.3 Å². The predicted octanol–water partition coefficient (Wildman–Crippen LogP) is 6.60. The number of hydrogen-bond acceptors (Lipinski definition) is 3. The maximum Gasteiger partial charge on any atom is 0.247 e. The van der Waals surface area contributed by atoms with Crippen molar-refractivity contribution in [2.45, 2.75) is 79.1 Å². The lowest BCUT2D eigenvalue weighted by Crippen LogP contribution is -2.35. The van der Waals surface area contributed by atoms with Crippen LogP contribution < -0.4 is 5.32 Å². The van der Waals surface area contributed by atoms with Crippen LogP contribution in [0.25, 0.3) is 0 Å². The van der Waals surface area contributed by atoms with Crippen LogP contribution in [0.3, 0.4) is 0 Å². The molecule has 0 unspecified atom stereocenters. The van der Waals surface area contributed by atoms with E-state index in [9.17, 15) is 15.0 Å². The molecule has 1 rings (SSSR count). The van der Waals surface area contributed by atoms with Crippen LogP contribution in [0.15, 0.2) is 107 Å². The number of aliphatic hydroxyl groups is 2. The highest BCUT2D eigenvalue weighted by Crippen LogP contribution is 2.16.